The molecular weight excluding hydrogens is 368 g/mol. The number of nitrogens with two attached hydrogens (primary N) is 1. The quantitative estimate of drug-likeness (QED) is 0.332. The fourth-order valence-corrected chi connectivity index (χ4v) is 3.11. The summed E-state index contributed by atoms with van der Waals surface area (Å²) in [4.78, 5) is 10.8. The number of amides is 2. The molecule has 0 radical (unpaired) electrons. The third kappa shape index (κ3) is 4.95. The number of methoxy groups -OCH3 is 1. The number of rotatable bonds is 9. The molecule has 0 spiro atoms. The fraction of sp³-hybridized carbons (Fsp3) is 0.182. The van der Waals surface area contributed by atoms with Crippen molar-refractivity contribution in [1.82, 2.24) is 9.99 Å². The number of hydrazone groups is 1. The summed E-state index contributed by atoms with van der Waals surface area (Å²) in [6.45, 7) is 4.86. The zero-order valence-electron chi connectivity index (χ0n) is 16.3. The molecule has 7 nitrogen and oxygen atoms in total. The SMILES string of the molecule is C=CCc1ccc(OCCn2cc(/C=N/NC(N)=O)c3ccccc32)c(OC)c1. The van der Waals surface area contributed by atoms with Crippen LogP contribution in [-0.4, -0.2) is 30.5 Å². The van der Waals surface area contributed by atoms with Crippen molar-refractivity contribution in [2.24, 2.45) is 10.8 Å². The van der Waals surface area contributed by atoms with Crippen LogP contribution in [0.15, 0.2) is 66.4 Å². The number of primary amides is 1. The van der Waals surface area contributed by atoms with Crippen LogP contribution < -0.4 is 20.6 Å². The number of urea groups is 1. The lowest BCUT2D eigenvalue weighted by Gasteiger charge is -2.12. The van der Waals surface area contributed by atoms with Gasteiger partial charge in [0.2, 0.25) is 0 Å². The van der Waals surface area contributed by atoms with Crippen LogP contribution in [0, 0.1) is 0 Å². The number of allylic oxidation sites excluding steroid dienone is 1. The third-order valence-corrected chi connectivity index (χ3v) is 4.40. The Morgan fingerprint density at radius 3 is 2.86 bits per heavy atom. The molecule has 2 amide bonds. The van der Waals surface area contributed by atoms with E-state index in [0.29, 0.717) is 24.7 Å². The number of carbonyl (C=O) groups is 1. The Kier molecular flexibility index (Phi) is 6.52. The van der Waals surface area contributed by atoms with Crippen molar-refractivity contribution in [1.29, 1.82) is 0 Å². The molecule has 0 saturated carbocycles. The molecule has 0 aliphatic heterocycles. The average molecular weight is 392 g/mol. The molecule has 0 bridgehead atoms. The summed E-state index contributed by atoms with van der Waals surface area (Å²) >= 11 is 0. The predicted molar refractivity (Wildman–Crippen MR) is 115 cm³/mol. The number of nitrogens with zero attached hydrogens (tertiary/aromatic N) is 2. The lowest BCUT2D eigenvalue weighted by molar-refractivity contribution is 0.249. The van der Waals surface area contributed by atoms with Crippen molar-refractivity contribution in [2.75, 3.05) is 13.7 Å². The van der Waals surface area contributed by atoms with Crippen molar-refractivity contribution in [3.05, 3.63) is 72.4 Å². The molecule has 0 fully saturated rings. The number of nitrogens with one attached hydrogen (secondary N) is 1. The van der Waals surface area contributed by atoms with Crippen molar-refractivity contribution in [2.45, 2.75) is 13.0 Å². The number of hydrogen-bond acceptors (Lipinski definition) is 4. The number of para-hydroxylation sites is 1. The van der Waals surface area contributed by atoms with Crippen LogP contribution in [0.1, 0.15) is 11.1 Å². The second-order valence-corrected chi connectivity index (χ2v) is 6.36. The second-order valence-electron chi connectivity index (χ2n) is 6.36. The Labute approximate surface area is 169 Å². The van der Waals surface area contributed by atoms with Crippen LogP contribution in [0.2, 0.25) is 0 Å². The standard InChI is InChI=1S/C22H24N4O3/c1-3-6-16-9-10-20(21(13-16)28-2)29-12-11-26-15-17(14-24-25-22(23)27)18-7-4-5-8-19(18)26/h3-5,7-10,13-15H,1,6,11-12H2,2H3,(H3,23,25,27)/b24-14+. The van der Waals surface area contributed by atoms with Gasteiger partial charge in [-0.2, -0.15) is 5.10 Å². The van der Waals surface area contributed by atoms with Crippen LogP contribution in [0.3, 0.4) is 0 Å². The molecular formula is C22H24N4O3. The zero-order valence-corrected chi connectivity index (χ0v) is 16.3. The van der Waals surface area contributed by atoms with Gasteiger partial charge in [-0.3, -0.25) is 0 Å². The number of aromatic nitrogens is 1. The highest BCUT2D eigenvalue weighted by atomic mass is 16.5. The summed E-state index contributed by atoms with van der Waals surface area (Å²) in [5, 5.41) is 4.88. The highest BCUT2D eigenvalue weighted by Crippen LogP contribution is 2.28. The van der Waals surface area contributed by atoms with Crippen LogP contribution >= 0.6 is 0 Å². The molecule has 150 valence electrons. The van der Waals surface area contributed by atoms with E-state index in [0.717, 1.165) is 28.5 Å². The van der Waals surface area contributed by atoms with Crippen LogP contribution in [-0.2, 0) is 13.0 Å². The summed E-state index contributed by atoms with van der Waals surface area (Å²) in [5.41, 5.74) is 10.3. The number of hydrogen-bond donors (Lipinski definition) is 2. The van der Waals surface area contributed by atoms with E-state index in [4.69, 9.17) is 15.2 Å². The molecule has 1 aromatic heterocycles. The molecule has 2 aromatic carbocycles. The first-order valence-electron chi connectivity index (χ1n) is 9.19. The van der Waals surface area contributed by atoms with Crippen molar-refractivity contribution >= 4 is 23.1 Å². The van der Waals surface area contributed by atoms with Gasteiger partial charge in [0.25, 0.3) is 0 Å². The topological polar surface area (TPSA) is 90.9 Å². The van der Waals surface area contributed by atoms with Gasteiger partial charge < -0.3 is 19.8 Å². The monoisotopic (exact) mass is 392 g/mol. The number of fused-ring (bicyclic) bond motifs is 1. The largest absolute Gasteiger partial charge is 0.493 e. The molecule has 0 aliphatic rings. The number of ether oxygens (including phenoxy) is 2. The van der Waals surface area contributed by atoms with E-state index >= 15 is 0 Å². The Morgan fingerprint density at radius 1 is 1.28 bits per heavy atom. The van der Waals surface area contributed by atoms with Crippen molar-refractivity contribution < 1.29 is 14.3 Å². The van der Waals surface area contributed by atoms with Gasteiger partial charge in [0.15, 0.2) is 11.5 Å². The van der Waals surface area contributed by atoms with Gasteiger partial charge in [0.1, 0.15) is 6.61 Å². The minimum absolute atomic E-state index is 0.464. The number of benzene rings is 2. The first-order chi connectivity index (χ1) is 14.1. The zero-order chi connectivity index (χ0) is 20.6. The highest BCUT2D eigenvalue weighted by Gasteiger charge is 2.09. The van der Waals surface area contributed by atoms with Crippen LogP contribution in [0.25, 0.3) is 10.9 Å². The van der Waals surface area contributed by atoms with E-state index in [1.54, 1.807) is 13.3 Å². The molecule has 0 unspecified atom stereocenters. The first-order valence-corrected chi connectivity index (χ1v) is 9.19. The van der Waals surface area contributed by atoms with Gasteiger partial charge in [-0.15, -0.1) is 6.58 Å². The summed E-state index contributed by atoms with van der Waals surface area (Å²) in [5.74, 6) is 1.40. The Hall–Kier alpha value is -3.74. The third-order valence-electron chi connectivity index (χ3n) is 4.40. The smallest absolute Gasteiger partial charge is 0.332 e. The minimum Gasteiger partial charge on any atom is -0.493 e. The maximum absolute atomic E-state index is 10.8. The Bertz CT molecular complexity index is 1040. The van der Waals surface area contributed by atoms with Crippen LogP contribution in [0.5, 0.6) is 11.5 Å². The van der Waals surface area contributed by atoms with E-state index < -0.39 is 6.03 Å². The summed E-state index contributed by atoms with van der Waals surface area (Å²) < 4.78 is 13.5. The van der Waals surface area contributed by atoms with Gasteiger partial charge in [0.05, 0.1) is 19.9 Å². The van der Waals surface area contributed by atoms with Gasteiger partial charge in [-0.05, 0) is 30.2 Å². The van der Waals surface area contributed by atoms with Crippen LogP contribution in [0.4, 0.5) is 4.79 Å². The molecule has 29 heavy (non-hydrogen) atoms. The Balaban J connectivity index is 1.73. The molecule has 1 heterocycles. The highest BCUT2D eigenvalue weighted by molar-refractivity contribution is 5.99. The maximum Gasteiger partial charge on any atom is 0.332 e. The normalized spacial score (nSPS) is 10.9. The molecule has 3 aromatic rings. The van der Waals surface area contributed by atoms with Crippen molar-refractivity contribution in [3.63, 3.8) is 0 Å². The van der Waals surface area contributed by atoms with E-state index in [1.807, 2.05) is 54.7 Å². The van der Waals surface area contributed by atoms with Gasteiger partial charge >= 0.3 is 6.03 Å². The average Bonchev–Trinajstić information content (AvgIpc) is 3.07. The summed E-state index contributed by atoms with van der Waals surface area (Å²) in [6.07, 6.45) is 6.17. The maximum atomic E-state index is 10.8. The van der Waals surface area contributed by atoms with E-state index in [9.17, 15) is 4.79 Å². The predicted octanol–water partition coefficient (Wildman–Crippen LogP) is 3.46. The molecule has 3 rings (SSSR count). The molecule has 3 N–H and O–H groups in total. The second kappa shape index (κ2) is 9.45. The van der Waals surface area contributed by atoms with Gasteiger partial charge in [-0.25, -0.2) is 10.2 Å². The van der Waals surface area contributed by atoms with E-state index in [-0.39, 0.29) is 0 Å². The number of carbonyl (C=O) groups excluding carboxylic acids is 1. The lowest BCUT2D eigenvalue weighted by atomic mass is 10.1. The lowest BCUT2D eigenvalue weighted by Crippen LogP contribution is -2.24. The Morgan fingerprint density at radius 2 is 2.10 bits per heavy atom. The fourth-order valence-electron chi connectivity index (χ4n) is 3.11. The molecule has 0 atom stereocenters. The molecule has 0 saturated heterocycles. The summed E-state index contributed by atoms with van der Waals surface area (Å²) in [6, 6.07) is 13.1. The van der Waals surface area contributed by atoms with Gasteiger partial charge in [0, 0.05) is 22.7 Å². The van der Waals surface area contributed by atoms with E-state index in [2.05, 4.69) is 21.7 Å². The molecule has 0 aliphatic carbocycles. The first kappa shape index (κ1) is 20.0. The van der Waals surface area contributed by atoms with Crippen molar-refractivity contribution in [3.8, 4) is 11.5 Å². The summed E-state index contributed by atoms with van der Waals surface area (Å²) in [7, 11) is 1.63. The van der Waals surface area contributed by atoms with Gasteiger partial charge in [-0.1, -0.05) is 30.3 Å². The molecule has 7 heteroatoms. The minimum atomic E-state index is -0.702. The van der Waals surface area contributed by atoms with E-state index in [1.165, 1.54) is 0 Å².